The van der Waals surface area contributed by atoms with Crippen molar-refractivity contribution < 1.29 is 14.6 Å². The van der Waals surface area contributed by atoms with Gasteiger partial charge in [-0.25, -0.2) is 0 Å². The van der Waals surface area contributed by atoms with E-state index in [1.807, 2.05) is 29.2 Å². The minimum absolute atomic E-state index is 0.0504. The van der Waals surface area contributed by atoms with Gasteiger partial charge in [-0.05, 0) is 49.9 Å². The molecule has 25 heavy (non-hydrogen) atoms. The molecule has 1 N–H and O–H groups in total. The summed E-state index contributed by atoms with van der Waals surface area (Å²) in [7, 11) is 0. The van der Waals surface area contributed by atoms with Gasteiger partial charge in [-0.1, -0.05) is 35.2 Å². The molecule has 1 amide bonds. The average Bonchev–Trinajstić information content (AvgIpc) is 3.06. The van der Waals surface area contributed by atoms with Gasteiger partial charge in [-0.3, -0.25) is 4.79 Å². The molecule has 1 aliphatic carbocycles. The van der Waals surface area contributed by atoms with E-state index >= 15 is 0 Å². The van der Waals surface area contributed by atoms with E-state index in [0.717, 1.165) is 61.7 Å². The standard InChI is InChI=1S/C20H26BrNO3/c21-16-6-4-14(5-7-16)19(23)22-11-8-17-15(13-22)12-18(25-17)20(24)9-2-1-3-10-20/h4-7,15,17-18,24H,1-3,8-13H2/t15-,17+,18+/m1/s1. The lowest BCUT2D eigenvalue weighted by atomic mass is 9.78. The molecule has 4 nitrogen and oxygen atoms in total. The largest absolute Gasteiger partial charge is 0.387 e. The van der Waals surface area contributed by atoms with E-state index in [9.17, 15) is 9.90 Å². The number of nitrogens with zero attached hydrogens (tertiary/aromatic N) is 1. The van der Waals surface area contributed by atoms with Crippen molar-refractivity contribution >= 4 is 21.8 Å². The molecule has 5 heteroatoms. The molecule has 0 bridgehead atoms. The Morgan fingerprint density at radius 1 is 1.20 bits per heavy atom. The second-order valence-corrected chi connectivity index (χ2v) is 8.79. The maximum Gasteiger partial charge on any atom is 0.253 e. The minimum atomic E-state index is -0.643. The minimum Gasteiger partial charge on any atom is -0.387 e. The van der Waals surface area contributed by atoms with E-state index in [4.69, 9.17) is 4.74 Å². The van der Waals surface area contributed by atoms with Crippen LogP contribution in [0.3, 0.4) is 0 Å². The van der Waals surface area contributed by atoms with Crippen LogP contribution in [0.5, 0.6) is 0 Å². The predicted molar refractivity (Wildman–Crippen MR) is 99.5 cm³/mol. The molecule has 0 spiro atoms. The van der Waals surface area contributed by atoms with Gasteiger partial charge in [0, 0.05) is 29.0 Å². The fraction of sp³-hybridized carbons (Fsp3) is 0.650. The van der Waals surface area contributed by atoms with Crippen LogP contribution in [0.2, 0.25) is 0 Å². The summed E-state index contributed by atoms with van der Waals surface area (Å²) >= 11 is 3.41. The van der Waals surface area contributed by atoms with Gasteiger partial charge in [0.2, 0.25) is 0 Å². The summed E-state index contributed by atoms with van der Waals surface area (Å²) < 4.78 is 7.25. The zero-order valence-electron chi connectivity index (χ0n) is 14.5. The maximum atomic E-state index is 12.8. The first kappa shape index (κ1) is 17.5. The summed E-state index contributed by atoms with van der Waals surface area (Å²) in [5, 5.41) is 11.0. The van der Waals surface area contributed by atoms with Crippen molar-refractivity contribution in [3.8, 4) is 0 Å². The second-order valence-electron chi connectivity index (χ2n) is 7.87. The summed E-state index contributed by atoms with van der Waals surface area (Å²) in [4.78, 5) is 14.7. The molecule has 4 rings (SSSR count). The van der Waals surface area contributed by atoms with Crippen LogP contribution in [-0.2, 0) is 4.74 Å². The highest BCUT2D eigenvalue weighted by Gasteiger charge is 2.48. The van der Waals surface area contributed by atoms with E-state index in [1.54, 1.807) is 0 Å². The van der Waals surface area contributed by atoms with Crippen LogP contribution in [0, 0.1) is 5.92 Å². The number of halogens is 1. The normalized spacial score (nSPS) is 31.6. The third kappa shape index (κ3) is 3.51. The number of ether oxygens (including phenoxy) is 1. The van der Waals surface area contributed by atoms with E-state index in [0.29, 0.717) is 5.92 Å². The summed E-state index contributed by atoms with van der Waals surface area (Å²) in [5.41, 5.74) is 0.0962. The summed E-state index contributed by atoms with van der Waals surface area (Å²) in [6.45, 7) is 1.48. The fourth-order valence-electron chi connectivity index (χ4n) is 4.75. The Balaban J connectivity index is 1.41. The van der Waals surface area contributed by atoms with Crippen LogP contribution >= 0.6 is 15.9 Å². The number of amides is 1. The number of aliphatic hydroxyl groups is 1. The second kappa shape index (κ2) is 7.01. The van der Waals surface area contributed by atoms with Gasteiger partial charge in [0.1, 0.15) is 0 Å². The van der Waals surface area contributed by atoms with Crippen LogP contribution in [0.1, 0.15) is 55.3 Å². The number of carbonyl (C=O) groups is 1. The molecule has 1 saturated carbocycles. The molecule has 2 saturated heterocycles. The number of piperidine rings is 1. The van der Waals surface area contributed by atoms with Crippen molar-refractivity contribution in [1.82, 2.24) is 4.90 Å². The Labute approximate surface area is 157 Å². The summed E-state index contributed by atoms with van der Waals surface area (Å²) in [6.07, 6.45) is 7.04. The lowest BCUT2D eigenvalue weighted by molar-refractivity contribution is -0.124. The van der Waals surface area contributed by atoms with Gasteiger partial charge in [0.25, 0.3) is 5.91 Å². The molecular weight excluding hydrogens is 382 g/mol. The molecule has 3 atom stereocenters. The summed E-state index contributed by atoms with van der Waals surface area (Å²) in [6, 6.07) is 7.56. The monoisotopic (exact) mass is 407 g/mol. The zero-order chi connectivity index (χ0) is 17.4. The average molecular weight is 408 g/mol. The van der Waals surface area contributed by atoms with Gasteiger partial charge in [-0.2, -0.15) is 0 Å². The number of carbonyl (C=O) groups excluding carboxylic acids is 1. The molecule has 3 aliphatic rings. The van der Waals surface area contributed by atoms with E-state index < -0.39 is 5.60 Å². The number of fused-ring (bicyclic) bond motifs is 1. The van der Waals surface area contributed by atoms with Crippen molar-refractivity contribution in [1.29, 1.82) is 0 Å². The van der Waals surface area contributed by atoms with Crippen LogP contribution in [0.25, 0.3) is 0 Å². The maximum absolute atomic E-state index is 12.8. The Morgan fingerprint density at radius 2 is 1.92 bits per heavy atom. The Hall–Kier alpha value is -0.910. The summed E-state index contributed by atoms with van der Waals surface area (Å²) in [5.74, 6) is 0.454. The molecular formula is C20H26BrNO3. The topological polar surface area (TPSA) is 49.8 Å². The Bertz CT molecular complexity index is 626. The van der Waals surface area contributed by atoms with E-state index in [-0.39, 0.29) is 18.1 Å². The zero-order valence-corrected chi connectivity index (χ0v) is 16.1. The highest BCUT2D eigenvalue weighted by atomic mass is 79.9. The van der Waals surface area contributed by atoms with Gasteiger partial charge >= 0.3 is 0 Å². The Kier molecular flexibility index (Phi) is 4.91. The molecule has 0 radical (unpaired) electrons. The van der Waals surface area contributed by atoms with Gasteiger partial charge in [-0.15, -0.1) is 0 Å². The van der Waals surface area contributed by atoms with Crippen LogP contribution in [-0.4, -0.2) is 46.8 Å². The van der Waals surface area contributed by atoms with Crippen molar-refractivity contribution in [2.24, 2.45) is 5.92 Å². The SMILES string of the molecule is O=C(c1ccc(Br)cc1)N1CC[C@@H]2O[C@H](C3(O)CCCCC3)C[C@@H]2C1. The molecule has 2 heterocycles. The van der Waals surface area contributed by atoms with Gasteiger partial charge in [0.15, 0.2) is 0 Å². The number of hydrogen-bond donors (Lipinski definition) is 1. The molecule has 2 aliphatic heterocycles. The van der Waals surface area contributed by atoms with Crippen molar-refractivity contribution in [3.63, 3.8) is 0 Å². The van der Waals surface area contributed by atoms with Crippen molar-refractivity contribution in [3.05, 3.63) is 34.3 Å². The van der Waals surface area contributed by atoms with Crippen LogP contribution < -0.4 is 0 Å². The molecule has 0 unspecified atom stereocenters. The van der Waals surface area contributed by atoms with Crippen molar-refractivity contribution in [2.45, 2.75) is 62.8 Å². The molecule has 1 aromatic rings. The molecule has 0 aromatic heterocycles. The predicted octanol–water partition coefficient (Wildman–Crippen LogP) is 3.76. The quantitative estimate of drug-likeness (QED) is 0.811. The lowest BCUT2D eigenvalue weighted by Crippen LogP contribution is -2.44. The fourth-order valence-corrected chi connectivity index (χ4v) is 5.01. The van der Waals surface area contributed by atoms with Gasteiger partial charge in [0.05, 0.1) is 17.8 Å². The number of benzene rings is 1. The van der Waals surface area contributed by atoms with E-state index in [1.165, 1.54) is 6.42 Å². The third-order valence-electron chi connectivity index (χ3n) is 6.22. The molecule has 1 aromatic carbocycles. The Morgan fingerprint density at radius 3 is 2.64 bits per heavy atom. The first-order valence-corrected chi connectivity index (χ1v) is 10.3. The van der Waals surface area contributed by atoms with Gasteiger partial charge < -0.3 is 14.7 Å². The highest BCUT2D eigenvalue weighted by molar-refractivity contribution is 9.10. The smallest absolute Gasteiger partial charge is 0.253 e. The van der Waals surface area contributed by atoms with Crippen LogP contribution in [0.4, 0.5) is 0 Å². The first-order chi connectivity index (χ1) is 12.0. The number of rotatable bonds is 2. The number of hydrogen-bond acceptors (Lipinski definition) is 3. The number of likely N-dealkylation sites (tertiary alicyclic amines) is 1. The highest BCUT2D eigenvalue weighted by Crippen LogP contribution is 2.42. The molecule has 3 fully saturated rings. The van der Waals surface area contributed by atoms with Crippen LogP contribution in [0.15, 0.2) is 28.7 Å². The molecule has 136 valence electrons. The first-order valence-electron chi connectivity index (χ1n) is 9.48. The van der Waals surface area contributed by atoms with E-state index in [2.05, 4.69) is 15.9 Å². The lowest BCUT2D eigenvalue weighted by Gasteiger charge is -2.37. The van der Waals surface area contributed by atoms with Crippen molar-refractivity contribution in [2.75, 3.05) is 13.1 Å². The third-order valence-corrected chi connectivity index (χ3v) is 6.75.